The molecule has 7 rings (SSSR count). The number of oxime groups is 1. The Morgan fingerprint density at radius 3 is 1.53 bits per heavy atom. The van der Waals surface area contributed by atoms with Gasteiger partial charge in [-0.3, -0.25) is 4.18 Å². The molecule has 11 nitrogen and oxygen atoms in total. The van der Waals surface area contributed by atoms with Crippen molar-refractivity contribution in [3.05, 3.63) is 171 Å². The van der Waals surface area contributed by atoms with E-state index >= 15 is 0 Å². The molecule has 0 aliphatic heterocycles. The smallest absolute Gasteiger partial charge is 0.338 e. The van der Waals surface area contributed by atoms with Crippen molar-refractivity contribution in [1.29, 1.82) is 0 Å². The van der Waals surface area contributed by atoms with E-state index in [1.165, 1.54) is 25.3 Å². The SMILES string of the molecule is CO/N=C/[C@H](OC(=O)c1ccc2ccccc2c1)[C@@H](OC(=O)c1ccc2ccccc2c1)[C@H](COC(=O)c1ccc2ccccc2c1)OS(=O)(=O)c1cc(Cl)c(Cl)cc1Cl. The lowest BCUT2D eigenvalue weighted by Crippen LogP contribution is -2.48. The Bertz CT molecular complexity index is 2910. The Kier molecular flexibility index (Phi) is 13.0. The van der Waals surface area contributed by atoms with Crippen LogP contribution in [0.2, 0.25) is 15.1 Å². The first-order valence-corrected chi connectivity index (χ1v) is 20.6. The van der Waals surface area contributed by atoms with E-state index in [0.29, 0.717) is 5.39 Å². The first-order valence-electron chi connectivity index (χ1n) is 18.1. The minimum atomic E-state index is -4.98. The lowest BCUT2D eigenvalue weighted by Gasteiger charge is -2.30. The molecule has 304 valence electrons. The number of nitrogens with zero attached hydrogens (tertiary/aromatic N) is 1. The summed E-state index contributed by atoms with van der Waals surface area (Å²) in [5.41, 5.74) is 0.261. The normalized spacial score (nSPS) is 13.2. The molecule has 0 aliphatic carbocycles. The van der Waals surface area contributed by atoms with Crippen LogP contribution in [0.1, 0.15) is 31.1 Å². The monoisotopic (exact) mass is 883 g/mol. The highest BCUT2D eigenvalue weighted by Gasteiger charge is 2.41. The van der Waals surface area contributed by atoms with Gasteiger partial charge in [-0.2, -0.15) is 8.42 Å². The van der Waals surface area contributed by atoms with E-state index in [2.05, 4.69) is 5.16 Å². The van der Waals surface area contributed by atoms with Gasteiger partial charge in [0.15, 0.2) is 18.3 Å². The van der Waals surface area contributed by atoms with Crippen molar-refractivity contribution in [3.63, 3.8) is 0 Å². The Hall–Kier alpha value is -6.02. The van der Waals surface area contributed by atoms with Crippen molar-refractivity contribution < 1.29 is 46.0 Å². The Morgan fingerprint density at radius 2 is 1.03 bits per heavy atom. The molecule has 0 unspecified atom stereocenters. The molecule has 0 spiro atoms. The molecule has 15 heteroatoms. The van der Waals surface area contributed by atoms with E-state index in [-0.39, 0.29) is 31.8 Å². The van der Waals surface area contributed by atoms with Crippen LogP contribution in [-0.4, -0.2) is 64.6 Å². The average Bonchev–Trinajstić information content (AvgIpc) is 3.26. The molecule has 60 heavy (non-hydrogen) atoms. The van der Waals surface area contributed by atoms with Gasteiger partial charge in [-0.15, -0.1) is 0 Å². The van der Waals surface area contributed by atoms with Crippen LogP contribution in [0.15, 0.2) is 150 Å². The number of fused-ring (bicyclic) bond motifs is 3. The van der Waals surface area contributed by atoms with Crippen molar-refractivity contribution >= 4 is 101 Å². The molecule has 0 saturated heterocycles. The maximum absolute atomic E-state index is 14.1. The third kappa shape index (κ3) is 9.71. The minimum absolute atomic E-state index is 0.0416. The van der Waals surface area contributed by atoms with Gasteiger partial charge < -0.3 is 19.0 Å². The van der Waals surface area contributed by atoms with E-state index in [1.54, 1.807) is 72.8 Å². The first kappa shape index (κ1) is 42.1. The summed E-state index contributed by atoms with van der Waals surface area (Å²) in [5, 5.41) is 7.90. The van der Waals surface area contributed by atoms with Crippen LogP contribution in [0, 0.1) is 0 Å². The lowest BCUT2D eigenvalue weighted by molar-refractivity contribution is -0.0685. The zero-order chi connectivity index (χ0) is 42.4. The van der Waals surface area contributed by atoms with E-state index < -0.39 is 57.8 Å². The molecule has 0 saturated carbocycles. The Morgan fingerprint density at radius 1 is 0.583 bits per heavy atom. The lowest BCUT2D eigenvalue weighted by atomic mass is 10.1. The highest BCUT2D eigenvalue weighted by Crippen LogP contribution is 2.34. The Labute approximate surface area is 359 Å². The van der Waals surface area contributed by atoms with Gasteiger partial charge >= 0.3 is 17.9 Å². The number of rotatable bonds is 14. The number of hydrogen-bond donors (Lipinski definition) is 0. The molecule has 0 amide bonds. The van der Waals surface area contributed by atoms with Crippen molar-refractivity contribution in [1.82, 2.24) is 0 Å². The van der Waals surface area contributed by atoms with Crippen molar-refractivity contribution in [2.45, 2.75) is 23.2 Å². The van der Waals surface area contributed by atoms with Crippen LogP contribution in [0.4, 0.5) is 0 Å². The summed E-state index contributed by atoms with van der Waals surface area (Å²) in [7, 11) is -3.76. The number of halogens is 3. The number of hydrogen-bond acceptors (Lipinski definition) is 11. The van der Waals surface area contributed by atoms with Crippen LogP contribution in [0.25, 0.3) is 32.3 Å². The number of benzene rings is 7. The van der Waals surface area contributed by atoms with E-state index in [9.17, 15) is 22.8 Å². The molecule has 0 aromatic heterocycles. The molecule has 3 atom stereocenters. The maximum Gasteiger partial charge on any atom is 0.338 e. The Balaban J connectivity index is 1.31. The molecule has 0 aliphatic rings. The van der Waals surface area contributed by atoms with E-state index in [4.69, 9.17) is 58.0 Å². The van der Waals surface area contributed by atoms with Crippen LogP contribution < -0.4 is 0 Å². The van der Waals surface area contributed by atoms with Gasteiger partial charge in [0, 0.05) is 0 Å². The van der Waals surface area contributed by atoms with Gasteiger partial charge in [-0.05, 0) is 80.8 Å². The van der Waals surface area contributed by atoms with Crippen molar-refractivity contribution in [3.8, 4) is 0 Å². The molecule has 0 bridgehead atoms. The molecule has 0 radical (unpaired) electrons. The molecule has 7 aromatic carbocycles. The van der Waals surface area contributed by atoms with Crippen LogP contribution in [0.5, 0.6) is 0 Å². The zero-order valence-electron chi connectivity index (χ0n) is 31.4. The van der Waals surface area contributed by atoms with Gasteiger partial charge in [0.05, 0.1) is 38.0 Å². The summed E-state index contributed by atoms with van der Waals surface area (Å²) >= 11 is 18.7. The van der Waals surface area contributed by atoms with Gasteiger partial charge in [0.2, 0.25) is 0 Å². The number of carbonyl (C=O) groups excluding carboxylic acids is 3. The van der Waals surface area contributed by atoms with Crippen LogP contribution in [0.3, 0.4) is 0 Å². The fraction of sp³-hybridized carbons (Fsp3) is 0.111. The highest BCUT2D eigenvalue weighted by molar-refractivity contribution is 7.87. The summed E-state index contributed by atoms with van der Waals surface area (Å²) in [6.45, 7) is -0.885. The quantitative estimate of drug-likeness (QED) is 0.0259. The van der Waals surface area contributed by atoms with Gasteiger partial charge in [-0.1, -0.05) is 131 Å². The third-order valence-electron chi connectivity index (χ3n) is 9.32. The van der Waals surface area contributed by atoms with Gasteiger partial charge in [0.25, 0.3) is 10.1 Å². The molecule has 0 heterocycles. The molecule has 7 aromatic rings. The summed E-state index contributed by atoms with van der Waals surface area (Å²) in [5.74, 6) is -2.78. The molecular formula is C45H32Cl3NO10S. The topological polar surface area (TPSA) is 144 Å². The summed E-state index contributed by atoms with van der Waals surface area (Å²) < 4.78 is 51.7. The number of ether oxygens (including phenoxy) is 3. The number of carbonyl (C=O) groups is 3. The van der Waals surface area contributed by atoms with Crippen LogP contribution in [-0.2, 0) is 33.3 Å². The van der Waals surface area contributed by atoms with E-state index in [1.807, 2.05) is 36.4 Å². The second-order valence-electron chi connectivity index (χ2n) is 13.2. The molecule has 0 fully saturated rings. The summed E-state index contributed by atoms with van der Waals surface area (Å²) in [6.07, 6.45) is -4.62. The van der Waals surface area contributed by atoms with Crippen LogP contribution >= 0.6 is 34.8 Å². The fourth-order valence-electron chi connectivity index (χ4n) is 6.32. The second-order valence-corrected chi connectivity index (χ2v) is 16.0. The molecule has 0 N–H and O–H groups in total. The number of esters is 3. The second kappa shape index (κ2) is 18.5. The molecular weight excluding hydrogens is 853 g/mol. The predicted molar refractivity (Wildman–Crippen MR) is 230 cm³/mol. The first-order chi connectivity index (χ1) is 28.9. The van der Waals surface area contributed by atoms with E-state index in [0.717, 1.165) is 45.3 Å². The minimum Gasteiger partial charge on any atom is -0.459 e. The summed E-state index contributed by atoms with van der Waals surface area (Å²) in [6, 6.07) is 38.4. The average molecular weight is 885 g/mol. The van der Waals surface area contributed by atoms with Gasteiger partial charge in [-0.25, -0.2) is 14.4 Å². The standard InChI is InChI=1S/C45H32Cl3NO10S/c1-55-49-25-39(57-44(51)34-18-15-28-9-3-6-12-31(28)21-34)42(58-45(52)35-19-16-29-10-4-7-13-32(29)22-35)40(59-60(53,54)41-24-37(47)36(46)23-38(41)48)26-56-43(50)33-17-14-27-8-2-5-11-30(27)20-33/h2-25,39-40,42H,26H2,1H3/b49-25+/t39-,40-,42+/m0/s1. The van der Waals surface area contributed by atoms with Gasteiger partial charge in [0.1, 0.15) is 18.6 Å². The maximum atomic E-state index is 14.1. The van der Waals surface area contributed by atoms with Crippen molar-refractivity contribution in [2.75, 3.05) is 13.7 Å². The predicted octanol–water partition coefficient (Wildman–Crippen LogP) is 10.1. The third-order valence-corrected chi connectivity index (χ3v) is 11.8. The fourth-order valence-corrected chi connectivity index (χ4v) is 8.37. The van der Waals surface area contributed by atoms with Crippen molar-refractivity contribution in [2.24, 2.45) is 5.16 Å². The highest BCUT2D eigenvalue weighted by atomic mass is 35.5. The zero-order valence-corrected chi connectivity index (χ0v) is 34.5. The largest absolute Gasteiger partial charge is 0.459 e. The summed E-state index contributed by atoms with van der Waals surface area (Å²) in [4.78, 5) is 46.0.